The van der Waals surface area contributed by atoms with E-state index in [4.69, 9.17) is 9.47 Å². The largest absolute Gasteiger partial charge is 0.355 e. The van der Waals surface area contributed by atoms with Crippen molar-refractivity contribution in [2.24, 2.45) is 0 Å². The predicted molar refractivity (Wildman–Crippen MR) is 110 cm³/mol. The summed E-state index contributed by atoms with van der Waals surface area (Å²) in [5.74, 6) is 0.0616. The van der Waals surface area contributed by atoms with Gasteiger partial charge in [-0.1, -0.05) is 56.3 Å². The predicted octanol–water partition coefficient (Wildman–Crippen LogP) is 4.58. The SMILES string of the molecule is CCCNC(=O)C1c2ccccc2-c2cc(C(CC)C3OCCCO3)ccc21. The van der Waals surface area contributed by atoms with Crippen molar-refractivity contribution in [3.63, 3.8) is 0 Å². The first-order chi connectivity index (χ1) is 13.7. The Morgan fingerprint density at radius 1 is 1.07 bits per heavy atom. The van der Waals surface area contributed by atoms with Gasteiger partial charge in [-0.15, -0.1) is 0 Å². The molecule has 0 radical (unpaired) electrons. The van der Waals surface area contributed by atoms with E-state index in [2.05, 4.69) is 49.5 Å². The van der Waals surface area contributed by atoms with Crippen molar-refractivity contribution >= 4 is 5.91 Å². The molecule has 1 fully saturated rings. The lowest BCUT2D eigenvalue weighted by molar-refractivity contribution is -0.190. The first-order valence-electron chi connectivity index (χ1n) is 10.5. The van der Waals surface area contributed by atoms with Crippen molar-refractivity contribution in [2.45, 2.75) is 51.2 Å². The van der Waals surface area contributed by atoms with Crippen LogP contribution in [0.1, 0.15) is 61.6 Å². The van der Waals surface area contributed by atoms with Gasteiger partial charge in [0.25, 0.3) is 0 Å². The van der Waals surface area contributed by atoms with Crippen LogP contribution < -0.4 is 5.32 Å². The van der Waals surface area contributed by atoms with E-state index in [1.165, 1.54) is 11.1 Å². The smallest absolute Gasteiger partial charge is 0.232 e. The maximum atomic E-state index is 12.9. The van der Waals surface area contributed by atoms with Gasteiger partial charge in [0.2, 0.25) is 5.91 Å². The number of hydrogen-bond acceptors (Lipinski definition) is 3. The van der Waals surface area contributed by atoms with E-state index >= 15 is 0 Å². The Morgan fingerprint density at radius 3 is 2.57 bits per heavy atom. The van der Waals surface area contributed by atoms with Gasteiger partial charge in [0.15, 0.2) is 6.29 Å². The molecule has 2 unspecified atom stereocenters. The zero-order valence-corrected chi connectivity index (χ0v) is 16.7. The minimum atomic E-state index is -0.228. The summed E-state index contributed by atoms with van der Waals surface area (Å²) in [5, 5.41) is 3.08. The van der Waals surface area contributed by atoms with Crippen LogP contribution in [0.25, 0.3) is 11.1 Å². The number of rotatable bonds is 6. The quantitative estimate of drug-likeness (QED) is 0.799. The van der Waals surface area contributed by atoms with Crippen LogP contribution in [-0.4, -0.2) is 32.0 Å². The third-order valence-corrected chi connectivity index (χ3v) is 5.81. The van der Waals surface area contributed by atoms with Crippen LogP contribution >= 0.6 is 0 Å². The molecule has 1 aliphatic heterocycles. The molecule has 1 aliphatic carbocycles. The molecule has 1 saturated heterocycles. The van der Waals surface area contributed by atoms with E-state index in [9.17, 15) is 4.79 Å². The van der Waals surface area contributed by atoms with Crippen molar-refractivity contribution in [3.05, 3.63) is 59.2 Å². The number of benzene rings is 2. The van der Waals surface area contributed by atoms with Gasteiger partial charge < -0.3 is 14.8 Å². The highest BCUT2D eigenvalue weighted by atomic mass is 16.7. The molecule has 1 N–H and O–H groups in total. The fourth-order valence-corrected chi connectivity index (χ4v) is 4.41. The van der Waals surface area contributed by atoms with Gasteiger partial charge in [0.1, 0.15) is 0 Å². The Hall–Kier alpha value is -2.17. The Morgan fingerprint density at radius 2 is 1.82 bits per heavy atom. The summed E-state index contributed by atoms with van der Waals surface area (Å²) in [4.78, 5) is 12.9. The molecule has 148 valence electrons. The second-order valence-corrected chi connectivity index (χ2v) is 7.64. The molecule has 1 amide bonds. The van der Waals surface area contributed by atoms with E-state index in [0.29, 0.717) is 6.54 Å². The number of nitrogens with one attached hydrogen (secondary N) is 1. The molecular formula is C24H29NO3. The number of hydrogen-bond donors (Lipinski definition) is 1. The lowest BCUT2D eigenvalue weighted by atomic mass is 9.90. The molecule has 4 heteroatoms. The second kappa shape index (κ2) is 8.46. The Kier molecular flexibility index (Phi) is 5.79. The molecule has 4 nitrogen and oxygen atoms in total. The van der Waals surface area contributed by atoms with Gasteiger partial charge in [-0.25, -0.2) is 0 Å². The molecule has 1 heterocycles. The molecule has 0 spiro atoms. The third kappa shape index (κ3) is 3.47. The molecule has 2 aromatic rings. The van der Waals surface area contributed by atoms with Crippen molar-refractivity contribution in [1.82, 2.24) is 5.32 Å². The lowest BCUT2D eigenvalue weighted by Crippen LogP contribution is -2.31. The van der Waals surface area contributed by atoms with E-state index in [0.717, 1.165) is 49.2 Å². The highest BCUT2D eigenvalue weighted by Gasteiger charge is 2.35. The van der Waals surface area contributed by atoms with Crippen LogP contribution in [0, 0.1) is 0 Å². The van der Waals surface area contributed by atoms with Gasteiger partial charge in [-0.2, -0.15) is 0 Å². The number of ether oxygens (including phenoxy) is 2. The number of amides is 1. The highest BCUT2D eigenvalue weighted by molar-refractivity contribution is 5.96. The Balaban J connectivity index is 1.71. The first kappa shape index (κ1) is 19.2. The van der Waals surface area contributed by atoms with Gasteiger partial charge in [0, 0.05) is 12.5 Å². The maximum Gasteiger partial charge on any atom is 0.232 e. The second-order valence-electron chi connectivity index (χ2n) is 7.64. The number of carbonyl (C=O) groups excluding carboxylic acids is 1. The van der Waals surface area contributed by atoms with Crippen molar-refractivity contribution in [3.8, 4) is 11.1 Å². The summed E-state index contributed by atoms with van der Waals surface area (Å²) in [6, 6.07) is 14.8. The highest BCUT2D eigenvalue weighted by Crippen LogP contribution is 2.46. The van der Waals surface area contributed by atoms with Crippen LogP contribution in [0.2, 0.25) is 0 Å². The average molecular weight is 380 g/mol. The van der Waals surface area contributed by atoms with Gasteiger partial charge in [0.05, 0.1) is 19.1 Å². The summed E-state index contributed by atoms with van der Waals surface area (Å²) >= 11 is 0. The minimum absolute atomic E-state index is 0.0896. The van der Waals surface area contributed by atoms with Crippen LogP contribution in [0.15, 0.2) is 42.5 Å². The normalized spacial score (nSPS) is 19.7. The van der Waals surface area contributed by atoms with Crippen molar-refractivity contribution < 1.29 is 14.3 Å². The van der Waals surface area contributed by atoms with Crippen LogP contribution in [0.5, 0.6) is 0 Å². The van der Waals surface area contributed by atoms with E-state index in [-0.39, 0.29) is 24.0 Å². The van der Waals surface area contributed by atoms with E-state index in [1.54, 1.807) is 0 Å². The fourth-order valence-electron chi connectivity index (χ4n) is 4.41. The van der Waals surface area contributed by atoms with Crippen LogP contribution in [0.3, 0.4) is 0 Å². The lowest BCUT2D eigenvalue weighted by Gasteiger charge is -2.30. The Bertz CT molecular complexity index is 841. The number of fused-ring (bicyclic) bond motifs is 3. The summed E-state index contributed by atoms with van der Waals surface area (Å²) in [6.45, 7) is 6.47. The Labute approximate surface area is 167 Å². The first-order valence-corrected chi connectivity index (χ1v) is 10.5. The van der Waals surface area contributed by atoms with Crippen molar-refractivity contribution in [1.29, 1.82) is 0 Å². The maximum absolute atomic E-state index is 12.9. The zero-order chi connectivity index (χ0) is 19.5. The van der Waals surface area contributed by atoms with E-state index < -0.39 is 0 Å². The monoisotopic (exact) mass is 379 g/mol. The molecule has 0 saturated carbocycles. The standard InChI is InChI=1S/C24H29NO3/c1-3-12-25-23(26)22-19-9-6-5-8-18(19)21-15-16(10-11-20(21)22)17(4-2)24-27-13-7-14-28-24/h5-6,8-11,15,17,22,24H,3-4,7,12-14H2,1-2H3,(H,25,26). The molecule has 0 bridgehead atoms. The third-order valence-electron chi connectivity index (χ3n) is 5.81. The number of carbonyl (C=O) groups is 1. The van der Waals surface area contributed by atoms with Gasteiger partial charge >= 0.3 is 0 Å². The molecule has 2 aliphatic rings. The van der Waals surface area contributed by atoms with Gasteiger partial charge in [-0.3, -0.25) is 4.79 Å². The minimum Gasteiger partial charge on any atom is -0.355 e. The molecular weight excluding hydrogens is 350 g/mol. The summed E-state index contributed by atoms with van der Waals surface area (Å²) in [6.07, 6.45) is 2.66. The molecule has 0 aromatic heterocycles. The topological polar surface area (TPSA) is 47.6 Å². The molecule has 4 rings (SSSR count). The average Bonchev–Trinajstić information content (AvgIpc) is 3.07. The fraction of sp³-hybridized carbons (Fsp3) is 0.458. The van der Waals surface area contributed by atoms with Gasteiger partial charge in [-0.05, 0) is 47.1 Å². The zero-order valence-electron chi connectivity index (χ0n) is 16.7. The summed E-state index contributed by atoms with van der Waals surface area (Å²) in [5.41, 5.74) is 5.74. The molecule has 2 aromatic carbocycles. The van der Waals surface area contributed by atoms with Crippen LogP contribution in [-0.2, 0) is 14.3 Å². The summed E-state index contributed by atoms with van der Waals surface area (Å²) < 4.78 is 11.8. The van der Waals surface area contributed by atoms with Crippen LogP contribution in [0.4, 0.5) is 0 Å². The molecule has 2 atom stereocenters. The van der Waals surface area contributed by atoms with Crippen molar-refractivity contribution in [2.75, 3.05) is 19.8 Å². The van der Waals surface area contributed by atoms with E-state index in [1.807, 2.05) is 12.1 Å². The molecule has 28 heavy (non-hydrogen) atoms. The summed E-state index contributed by atoms with van der Waals surface area (Å²) in [7, 11) is 0.